The molecular weight excluding hydrogens is 441 g/mol. The van der Waals surface area contributed by atoms with Crippen molar-refractivity contribution >= 4 is 25.7 Å². The quantitative estimate of drug-likeness (QED) is 0.728. The number of hydrogen-bond donors (Lipinski definition) is 1. The number of aryl methyl sites for hydroxylation is 1. The molecule has 0 unspecified atom stereocenters. The maximum atomic E-state index is 12.9. The summed E-state index contributed by atoms with van der Waals surface area (Å²) in [5, 5.41) is 0. The van der Waals surface area contributed by atoms with E-state index in [2.05, 4.69) is 4.72 Å². The van der Waals surface area contributed by atoms with Gasteiger partial charge in [-0.2, -0.15) is 17.5 Å². The lowest BCUT2D eigenvalue weighted by atomic mass is 10.2. The molecule has 0 bridgehead atoms. The molecule has 0 radical (unpaired) electrons. The van der Waals surface area contributed by atoms with Crippen molar-refractivity contribution in [2.75, 3.05) is 17.8 Å². The molecule has 0 amide bonds. The molecule has 0 spiro atoms. The first kappa shape index (κ1) is 22.6. The van der Waals surface area contributed by atoms with Crippen molar-refractivity contribution in [1.29, 1.82) is 0 Å². The Bertz CT molecular complexity index is 1140. The highest BCUT2D eigenvalue weighted by atomic mass is 32.2. The summed E-state index contributed by atoms with van der Waals surface area (Å²) in [6, 6.07) is 7.40. The number of halogens is 3. The number of sulfonamides is 2. The predicted octanol–water partition coefficient (Wildman–Crippen LogP) is 3.99. The third-order valence-electron chi connectivity index (χ3n) is 4.88. The fourth-order valence-corrected chi connectivity index (χ4v) is 5.88. The first-order valence-electron chi connectivity index (χ1n) is 9.22. The molecule has 1 saturated heterocycles. The molecule has 6 nitrogen and oxygen atoms in total. The van der Waals surface area contributed by atoms with E-state index >= 15 is 0 Å². The van der Waals surface area contributed by atoms with E-state index < -0.39 is 36.7 Å². The fourth-order valence-electron chi connectivity index (χ4n) is 3.17. The standard InChI is InChI=1S/C19H21F3N2O4S2/c1-14-8-9-17(30(27,28)24-10-3-2-4-11-24)13-18(14)23-29(25,26)16-7-5-6-15(12-16)19(20,21)22/h5-9,12-13,23H,2-4,10-11H2,1H3. The lowest BCUT2D eigenvalue weighted by Crippen LogP contribution is -2.35. The SMILES string of the molecule is Cc1ccc(S(=O)(=O)N2CCCCC2)cc1NS(=O)(=O)c1cccc(C(F)(F)F)c1. The zero-order valence-corrected chi connectivity index (χ0v) is 17.7. The first-order valence-corrected chi connectivity index (χ1v) is 12.1. The number of hydrogen-bond acceptors (Lipinski definition) is 4. The molecule has 0 atom stereocenters. The van der Waals surface area contributed by atoms with Gasteiger partial charge in [0.05, 0.1) is 21.0 Å². The number of nitrogens with zero attached hydrogens (tertiary/aromatic N) is 1. The molecule has 3 rings (SSSR count). The van der Waals surface area contributed by atoms with Crippen LogP contribution < -0.4 is 4.72 Å². The molecular formula is C19H21F3N2O4S2. The van der Waals surface area contributed by atoms with Crippen LogP contribution in [0.4, 0.5) is 18.9 Å². The van der Waals surface area contributed by atoms with Crippen LogP contribution in [0.25, 0.3) is 0 Å². The Hall–Kier alpha value is -2.11. The van der Waals surface area contributed by atoms with Crippen molar-refractivity contribution in [2.24, 2.45) is 0 Å². The second kappa shape index (κ2) is 8.20. The van der Waals surface area contributed by atoms with E-state index in [-0.39, 0.29) is 10.6 Å². The maximum Gasteiger partial charge on any atom is 0.416 e. The van der Waals surface area contributed by atoms with Crippen molar-refractivity contribution in [3.63, 3.8) is 0 Å². The summed E-state index contributed by atoms with van der Waals surface area (Å²) in [5.74, 6) is 0. The Balaban J connectivity index is 1.94. The van der Waals surface area contributed by atoms with Gasteiger partial charge in [0.2, 0.25) is 10.0 Å². The van der Waals surface area contributed by atoms with Crippen LogP contribution in [0.3, 0.4) is 0 Å². The Labute approximate surface area is 173 Å². The summed E-state index contributed by atoms with van der Waals surface area (Å²) in [6.07, 6.45) is -2.24. The van der Waals surface area contributed by atoms with Crippen molar-refractivity contribution in [3.05, 3.63) is 53.6 Å². The molecule has 0 aliphatic carbocycles. The van der Waals surface area contributed by atoms with Crippen molar-refractivity contribution in [1.82, 2.24) is 4.31 Å². The van der Waals surface area contributed by atoms with Gasteiger partial charge in [0.1, 0.15) is 0 Å². The van der Waals surface area contributed by atoms with Crippen LogP contribution >= 0.6 is 0 Å². The van der Waals surface area contributed by atoms with Crippen LogP contribution in [0.15, 0.2) is 52.3 Å². The minimum Gasteiger partial charge on any atom is -0.279 e. The first-order chi connectivity index (χ1) is 13.9. The van der Waals surface area contributed by atoms with Crippen molar-refractivity contribution < 1.29 is 30.0 Å². The van der Waals surface area contributed by atoms with Gasteiger partial charge in [0.15, 0.2) is 0 Å². The smallest absolute Gasteiger partial charge is 0.279 e. The lowest BCUT2D eigenvalue weighted by Gasteiger charge is -2.26. The normalized spacial score (nSPS) is 16.4. The minimum absolute atomic E-state index is 0.00880. The molecule has 1 aliphatic rings. The summed E-state index contributed by atoms with van der Waals surface area (Å²) in [5.41, 5.74) is -0.669. The number of benzene rings is 2. The number of anilines is 1. The molecule has 2 aromatic rings. The Morgan fingerprint density at radius 2 is 1.57 bits per heavy atom. The topological polar surface area (TPSA) is 83.6 Å². The highest BCUT2D eigenvalue weighted by molar-refractivity contribution is 7.92. The molecule has 0 aromatic heterocycles. The maximum absolute atomic E-state index is 12.9. The Morgan fingerprint density at radius 1 is 0.900 bits per heavy atom. The van der Waals surface area contributed by atoms with Gasteiger partial charge < -0.3 is 0 Å². The molecule has 30 heavy (non-hydrogen) atoms. The molecule has 164 valence electrons. The van der Waals surface area contributed by atoms with Crippen LogP contribution in [0.5, 0.6) is 0 Å². The molecule has 1 heterocycles. The highest BCUT2D eigenvalue weighted by Crippen LogP contribution is 2.31. The summed E-state index contributed by atoms with van der Waals surface area (Å²) >= 11 is 0. The third-order valence-corrected chi connectivity index (χ3v) is 8.14. The van der Waals surface area contributed by atoms with Gasteiger partial charge in [-0.3, -0.25) is 4.72 Å². The molecule has 2 aromatic carbocycles. The van der Waals surface area contributed by atoms with Crippen LogP contribution in [-0.4, -0.2) is 34.2 Å². The molecule has 0 saturated carbocycles. The van der Waals surface area contributed by atoms with Gasteiger partial charge in [0.25, 0.3) is 10.0 Å². The summed E-state index contributed by atoms with van der Waals surface area (Å²) < 4.78 is 93.4. The van der Waals surface area contributed by atoms with Crippen LogP contribution in [0.2, 0.25) is 0 Å². The van der Waals surface area contributed by atoms with Gasteiger partial charge in [-0.1, -0.05) is 18.6 Å². The number of nitrogens with one attached hydrogen (secondary N) is 1. The second-order valence-electron chi connectivity index (χ2n) is 7.07. The third kappa shape index (κ3) is 4.79. The van der Waals surface area contributed by atoms with E-state index in [0.29, 0.717) is 24.7 Å². The van der Waals surface area contributed by atoms with E-state index in [1.165, 1.54) is 22.5 Å². The second-order valence-corrected chi connectivity index (χ2v) is 10.7. The molecule has 11 heteroatoms. The van der Waals surface area contributed by atoms with Gasteiger partial charge in [-0.25, -0.2) is 16.8 Å². The molecule has 1 aliphatic heterocycles. The van der Waals surface area contributed by atoms with E-state index in [4.69, 9.17) is 0 Å². The molecule has 1 fully saturated rings. The largest absolute Gasteiger partial charge is 0.416 e. The minimum atomic E-state index is -4.69. The lowest BCUT2D eigenvalue weighted by molar-refractivity contribution is -0.137. The zero-order chi connectivity index (χ0) is 22.2. The van der Waals surface area contributed by atoms with E-state index in [1.54, 1.807) is 6.92 Å². The van der Waals surface area contributed by atoms with E-state index in [0.717, 1.165) is 37.5 Å². The summed E-state index contributed by atoms with van der Waals surface area (Å²) in [6.45, 7) is 2.35. The average Bonchev–Trinajstić information content (AvgIpc) is 2.69. The molecule has 1 N–H and O–H groups in total. The predicted molar refractivity (Wildman–Crippen MR) is 106 cm³/mol. The Morgan fingerprint density at radius 3 is 2.20 bits per heavy atom. The highest BCUT2D eigenvalue weighted by Gasteiger charge is 2.32. The fraction of sp³-hybridized carbons (Fsp3) is 0.368. The van der Waals surface area contributed by atoms with Gasteiger partial charge >= 0.3 is 6.18 Å². The van der Waals surface area contributed by atoms with E-state index in [9.17, 15) is 30.0 Å². The summed E-state index contributed by atoms with van der Waals surface area (Å²) in [7, 11) is -8.16. The van der Waals surface area contributed by atoms with Gasteiger partial charge in [-0.05, 0) is 55.7 Å². The van der Waals surface area contributed by atoms with Crippen molar-refractivity contribution in [2.45, 2.75) is 42.2 Å². The number of piperidine rings is 1. The van der Waals surface area contributed by atoms with Crippen LogP contribution in [0.1, 0.15) is 30.4 Å². The zero-order valence-electron chi connectivity index (χ0n) is 16.1. The van der Waals surface area contributed by atoms with Crippen LogP contribution in [0, 0.1) is 6.92 Å². The average molecular weight is 463 g/mol. The number of rotatable bonds is 5. The van der Waals surface area contributed by atoms with Gasteiger partial charge in [-0.15, -0.1) is 0 Å². The van der Waals surface area contributed by atoms with Crippen molar-refractivity contribution in [3.8, 4) is 0 Å². The number of alkyl halides is 3. The monoisotopic (exact) mass is 462 g/mol. The Kier molecular flexibility index (Phi) is 6.17. The summed E-state index contributed by atoms with van der Waals surface area (Å²) in [4.78, 5) is -0.641. The van der Waals surface area contributed by atoms with Crippen LogP contribution in [-0.2, 0) is 26.2 Å². The van der Waals surface area contributed by atoms with Gasteiger partial charge in [0, 0.05) is 13.1 Å². The van der Waals surface area contributed by atoms with E-state index in [1.807, 2.05) is 0 Å².